The fraction of sp³-hybridized carbons (Fsp3) is 0.385. The fourth-order valence-electron chi connectivity index (χ4n) is 1.29. The van der Waals surface area contributed by atoms with Gasteiger partial charge in [0.1, 0.15) is 5.65 Å². The minimum absolute atomic E-state index is 0.227. The first-order valence-corrected chi connectivity index (χ1v) is 5.88. The van der Waals surface area contributed by atoms with Crippen LogP contribution in [-0.2, 0) is 11.2 Å². The highest BCUT2D eigenvalue weighted by atomic mass is 16.1. The van der Waals surface area contributed by atoms with Gasteiger partial charge in [0.15, 0.2) is 0 Å². The van der Waals surface area contributed by atoms with Crippen molar-refractivity contribution in [1.29, 1.82) is 0 Å². The highest BCUT2D eigenvalue weighted by Crippen LogP contribution is 2.05. The maximum absolute atomic E-state index is 10.7. The zero-order valence-electron chi connectivity index (χ0n) is 10.4. The maximum atomic E-state index is 10.7. The number of hydrogen-bond donors (Lipinski definition) is 1. The predicted octanol–water partition coefficient (Wildman–Crippen LogP) is 2.17. The average molecular weight is 233 g/mol. The number of hydrogen-bond acceptors (Lipinski definition) is 2. The van der Waals surface area contributed by atoms with Gasteiger partial charge in [-0.15, -0.1) is 0 Å². The first-order chi connectivity index (χ1) is 8.19. The normalized spacial score (nSPS) is 9.76. The largest absolute Gasteiger partial charge is 0.369 e. The number of amides is 1. The number of rotatable bonds is 3. The third-order valence-corrected chi connectivity index (χ3v) is 2.35. The van der Waals surface area contributed by atoms with Gasteiger partial charge < -0.3 is 10.1 Å². The van der Waals surface area contributed by atoms with Gasteiger partial charge in [-0.3, -0.25) is 4.79 Å². The van der Waals surface area contributed by atoms with Crippen LogP contribution in [0.2, 0.25) is 0 Å². The van der Waals surface area contributed by atoms with E-state index in [1.165, 1.54) is 12.8 Å². The van der Waals surface area contributed by atoms with E-state index in [-0.39, 0.29) is 12.3 Å². The van der Waals surface area contributed by atoms with Crippen LogP contribution in [-0.4, -0.2) is 15.3 Å². The third kappa shape index (κ3) is 3.90. The molecule has 0 bridgehead atoms. The zero-order valence-corrected chi connectivity index (χ0v) is 10.4. The van der Waals surface area contributed by atoms with Crippen molar-refractivity contribution in [1.82, 2.24) is 9.38 Å². The summed E-state index contributed by atoms with van der Waals surface area (Å²) in [5, 5.41) is 0. The molecule has 0 saturated heterocycles. The number of aromatic nitrogens is 2. The molecule has 0 unspecified atom stereocenters. The third-order valence-electron chi connectivity index (χ3n) is 2.35. The number of unbranched alkanes of at least 4 members (excludes halogenated alkanes) is 1. The van der Waals surface area contributed by atoms with E-state index in [2.05, 4.69) is 18.8 Å². The van der Waals surface area contributed by atoms with Crippen LogP contribution in [0.1, 0.15) is 32.4 Å². The molecule has 4 nitrogen and oxygen atoms in total. The second-order valence-electron chi connectivity index (χ2n) is 3.82. The van der Waals surface area contributed by atoms with E-state index < -0.39 is 0 Å². The summed E-state index contributed by atoms with van der Waals surface area (Å²) >= 11 is 0. The van der Waals surface area contributed by atoms with Crippen LogP contribution >= 0.6 is 0 Å². The van der Waals surface area contributed by atoms with Crippen molar-refractivity contribution < 1.29 is 4.79 Å². The van der Waals surface area contributed by atoms with Crippen LogP contribution < -0.4 is 5.73 Å². The Balaban J connectivity index is 0.000000317. The summed E-state index contributed by atoms with van der Waals surface area (Å²) in [5.74, 6) is -0.342. The SMILES string of the molecule is CCCC.NC(=O)Cc1cnc2ccccn12. The van der Waals surface area contributed by atoms with Gasteiger partial charge in [-0.25, -0.2) is 4.98 Å². The molecule has 0 aliphatic carbocycles. The van der Waals surface area contributed by atoms with E-state index in [1.54, 1.807) is 6.20 Å². The number of primary amides is 1. The molecule has 92 valence electrons. The van der Waals surface area contributed by atoms with Gasteiger partial charge in [0, 0.05) is 12.4 Å². The monoisotopic (exact) mass is 233 g/mol. The van der Waals surface area contributed by atoms with E-state index in [9.17, 15) is 4.79 Å². The van der Waals surface area contributed by atoms with E-state index in [4.69, 9.17) is 5.73 Å². The van der Waals surface area contributed by atoms with Gasteiger partial charge in [0.2, 0.25) is 5.91 Å². The standard InChI is InChI=1S/C9H9N3O.C4H10/c10-8(13)5-7-6-11-9-3-1-2-4-12(7)9;1-3-4-2/h1-4,6H,5H2,(H2,10,13);3-4H2,1-2H3. The molecule has 0 spiro atoms. The molecular formula is C13H19N3O. The number of carbonyl (C=O) groups excluding carboxylic acids is 1. The minimum atomic E-state index is -0.342. The Bertz CT molecular complexity index is 474. The van der Waals surface area contributed by atoms with Crippen LogP contribution in [0.3, 0.4) is 0 Å². The molecule has 2 aromatic rings. The van der Waals surface area contributed by atoms with Crippen LogP contribution in [0, 0.1) is 0 Å². The smallest absolute Gasteiger partial charge is 0.223 e. The molecule has 0 aromatic carbocycles. The number of carbonyl (C=O) groups is 1. The molecule has 2 rings (SSSR count). The number of pyridine rings is 1. The summed E-state index contributed by atoms with van der Waals surface area (Å²) in [5.41, 5.74) is 6.75. The summed E-state index contributed by atoms with van der Waals surface area (Å²) in [7, 11) is 0. The molecule has 4 heteroatoms. The van der Waals surface area contributed by atoms with Gasteiger partial charge in [-0.2, -0.15) is 0 Å². The molecule has 0 atom stereocenters. The van der Waals surface area contributed by atoms with Gasteiger partial charge in [0.05, 0.1) is 12.1 Å². The quantitative estimate of drug-likeness (QED) is 0.883. The van der Waals surface area contributed by atoms with Crippen molar-refractivity contribution in [2.75, 3.05) is 0 Å². The lowest BCUT2D eigenvalue weighted by Gasteiger charge is -1.96. The van der Waals surface area contributed by atoms with Crippen LogP contribution in [0.4, 0.5) is 0 Å². The van der Waals surface area contributed by atoms with Crippen molar-refractivity contribution in [3.05, 3.63) is 36.3 Å². The van der Waals surface area contributed by atoms with E-state index in [1.807, 2.05) is 28.8 Å². The van der Waals surface area contributed by atoms with E-state index in [0.717, 1.165) is 11.3 Å². The summed E-state index contributed by atoms with van der Waals surface area (Å²) in [6.45, 7) is 4.36. The molecule has 0 aliphatic heterocycles. The molecule has 2 heterocycles. The Morgan fingerprint density at radius 2 is 2.06 bits per heavy atom. The Hall–Kier alpha value is -1.84. The molecule has 2 N–H and O–H groups in total. The fourth-order valence-corrected chi connectivity index (χ4v) is 1.29. The number of nitrogens with zero attached hydrogens (tertiary/aromatic N) is 2. The van der Waals surface area contributed by atoms with Crippen molar-refractivity contribution in [3.8, 4) is 0 Å². The molecule has 1 amide bonds. The summed E-state index contributed by atoms with van der Waals surface area (Å²) < 4.78 is 1.85. The highest BCUT2D eigenvalue weighted by molar-refractivity contribution is 5.76. The molecule has 0 aliphatic rings. The first-order valence-electron chi connectivity index (χ1n) is 5.88. The van der Waals surface area contributed by atoms with Crippen molar-refractivity contribution >= 4 is 11.6 Å². The van der Waals surface area contributed by atoms with Gasteiger partial charge in [0.25, 0.3) is 0 Å². The predicted molar refractivity (Wildman–Crippen MR) is 68.7 cm³/mol. The molecule has 0 fully saturated rings. The zero-order chi connectivity index (χ0) is 12.7. The molecule has 0 radical (unpaired) electrons. The number of nitrogens with two attached hydrogens (primary N) is 1. The summed E-state index contributed by atoms with van der Waals surface area (Å²) in [6.07, 6.45) is 6.39. The van der Waals surface area contributed by atoms with Crippen molar-refractivity contribution in [2.45, 2.75) is 33.1 Å². The minimum Gasteiger partial charge on any atom is -0.369 e. The van der Waals surface area contributed by atoms with Crippen LogP contribution in [0.25, 0.3) is 5.65 Å². The van der Waals surface area contributed by atoms with Crippen LogP contribution in [0.15, 0.2) is 30.6 Å². The molecule has 17 heavy (non-hydrogen) atoms. The van der Waals surface area contributed by atoms with Crippen LogP contribution in [0.5, 0.6) is 0 Å². The Labute approximate surface area is 101 Å². The topological polar surface area (TPSA) is 60.4 Å². The second kappa shape index (κ2) is 6.68. The van der Waals surface area contributed by atoms with Gasteiger partial charge >= 0.3 is 0 Å². The Morgan fingerprint density at radius 1 is 1.35 bits per heavy atom. The molecule has 0 saturated carbocycles. The average Bonchev–Trinajstić information content (AvgIpc) is 2.73. The van der Waals surface area contributed by atoms with Crippen molar-refractivity contribution in [3.63, 3.8) is 0 Å². The second-order valence-corrected chi connectivity index (χ2v) is 3.82. The Kier molecular flexibility index (Phi) is 5.20. The van der Waals surface area contributed by atoms with Crippen molar-refractivity contribution in [2.24, 2.45) is 5.73 Å². The molecule has 2 aromatic heterocycles. The Morgan fingerprint density at radius 3 is 2.65 bits per heavy atom. The maximum Gasteiger partial charge on any atom is 0.223 e. The first kappa shape index (κ1) is 13.2. The number of imidazole rings is 1. The lowest BCUT2D eigenvalue weighted by Crippen LogP contribution is -2.14. The molecular weight excluding hydrogens is 214 g/mol. The summed E-state index contributed by atoms with van der Waals surface area (Å²) in [4.78, 5) is 14.8. The lowest BCUT2D eigenvalue weighted by atomic mass is 10.3. The van der Waals surface area contributed by atoms with E-state index in [0.29, 0.717) is 0 Å². The van der Waals surface area contributed by atoms with Gasteiger partial charge in [-0.05, 0) is 12.1 Å². The van der Waals surface area contributed by atoms with Gasteiger partial charge in [-0.1, -0.05) is 32.8 Å². The lowest BCUT2D eigenvalue weighted by molar-refractivity contribution is -0.117. The summed E-state index contributed by atoms with van der Waals surface area (Å²) in [6, 6.07) is 5.67. The van der Waals surface area contributed by atoms with E-state index >= 15 is 0 Å². The number of fused-ring (bicyclic) bond motifs is 1. The highest BCUT2D eigenvalue weighted by Gasteiger charge is 2.04.